The zero-order chi connectivity index (χ0) is 10.2. The molecule has 0 unspecified atom stereocenters. The highest BCUT2D eigenvalue weighted by atomic mass is 16.5. The number of rotatable bonds is 6. The van der Waals surface area contributed by atoms with E-state index in [9.17, 15) is 0 Å². The van der Waals surface area contributed by atoms with Crippen LogP contribution in [0.5, 0.6) is 0 Å². The minimum atomic E-state index is -0.204. The van der Waals surface area contributed by atoms with E-state index in [2.05, 4.69) is 6.07 Å². The van der Waals surface area contributed by atoms with Gasteiger partial charge in [0.05, 0.1) is 18.1 Å². The average molecular weight is 181 g/mol. The fourth-order valence-electron chi connectivity index (χ4n) is 0.920. The summed E-state index contributed by atoms with van der Waals surface area (Å²) in [5, 5.41) is 8.73. The lowest BCUT2D eigenvalue weighted by molar-refractivity contribution is 0.151. The number of allylic oxidation sites excluding steroid dienone is 1. The van der Waals surface area contributed by atoms with Gasteiger partial charge in [0.25, 0.3) is 0 Å². The van der Waals surface area contributed by atoms with Crippen molar-refractivity contribution in [3.05, 3.63) is 12.2 Å². The third kappa shape index (κ3) is 7.55. The first kappa shape index (κ1) is 12.2. The first-order chi connectivity index (χ1) is 6.12. The summed E-state index contributed by atoms with van der Waals surface area (Å²) in [6.07, 6.45) is 5.81. The van der Waals surface area contributed by atoms with Crippen molar-refractivity contribution < 1.29 is 4.74 Å². The predicted molar refractivity (Wildman–Crippen MR) is 54.3 cm³/mol. The zero-order valence-corrected chi connectivity index (χ0v) is 8.84. The molecule has 0 aromatic rings. The van der Waals surface area contributed by atoms with Crippen LogP contribution in [-0.4, -0.2) is 13.2 Å². The quantitative estimate of drug-likeness (QED) is 0.466. The van der Waals surface area contributed by atoms with Gasteiger partial charge in [-0.1, -0.05) is 12.2 Å². The minimum Gasteiger partial charge on any atom is -0.377 e. The van der Waals surface area contributed by atoms with Gasteiger partial charge >= 0.3 is 0 Å². The van der Waals surface area contributed by atoms with Crippen LogP contribution >= 0.6 is 0 Å². The number of hydrogen-bond donors (Lipinski definition) is 0. The third-order valence-corrected chi connectivity index (χ3v) is 1.84. The molecule has 0 aliphatic carbocycles. The smallest absolute Gasteiger partial charge is 0.0683 e. The average Bonchev–Trinajstić information content (AvgIpc) is 2.11. The van der Waals surface area contributed by atoms with Gasteiger partial charge < -0.3 is 4.74 Å². The first-order valence-corrected chi connectivity index (χ1v) is 4.72. The van der Waals surface area contributed by atoms with E-state index < -0.39 is 0 Å². The molecule has 74 valence electrons. The highest BCUT2D eigenvalue weighted by Gasteiger charge is 2.15. The molecule has 2 heteroatoms. The molecule has 0 saturated carbocycles. The summed E-state index contributed by atoms with van der Waals surface area (Å²) in [7, 11) is 0. The fraction of sp³-hybridized carbons (Fsp3) is 0.727. The lowest BCUT2D eigenvalue weighted by Gasteiger charge is -2.13. The van der Waals surface area contributed by atoms with Gasteiger partial charge in [0, 0.05) is 6.61 Å². The predicted octanol–water partition coefficient (Wildman–Crippen LogP) is 2.91. The van der Waals surface area contributed by atoms with E-state index in [1.807, 2.05) is 32.9 Å². The Hall–Kier alpha value is -0.810. The summed E-state index contributed by atoms with van der Waals surface area (Å²) < 4.78 is 5.32. The molecule has 2 nitrogen and oxygen atoms in total. The summed E-state index contributed by atoms with van der Waals surface area (Å²) >= 11 is 0. The highest BCUT2D eigenvalue weighted by molar-refractivity contribution is 4.91. The van der Waals surface area contributed by atoms with Crippen molar-refractivity contribution in [2.75, 3.05) is 13.2 Å². The molecule has 0 radical (unpaired) electrons. The van der Waals surface area contributed by atoms with Crippen molar-refractivity contribution >= 4 is 0 Å². The maximum atomic E-state index is 8.73. The van der Waals surface area contributed by atoms with E-state index in [-0.39, 0.29) is 5.41 Å². The van der Waals surface area contributed by atoms with Gasteiger partial charge in [-0.05, 0) is 33.6 Å². The molecule has 0 heterocycles. The van der Waals surface area contributed by atoms with Crippen molar-refractivity contribution in [3.8, 4) is 6.07 Å². The second kappa shape index (κ2) is 6.68. The van der Waals surface area contributed by atoms with E-state index in [0.29, 0.717) is 6.61 Å². The molecule has 0 aromatic carbocycles. The summed E-state index contributed by atoms with van der Waals surface area (Å²) in [6.45, 7) is 7.32. The van der Waals surface area contributed by atoms with Crippen LogP contribution in [0.15, 0.2) is 12.2 Å². The third-order valence-electron chi connectivity index (χ3n) is 1.84. The molecule has 13 heavy (non-hydrogen) atoms. The molecule has 0 atom stereocenters. The van der Waals surface area contributed by atoms with E-state index in [1.54, 1.807) is 0 Å². The molecule has 0 rings (SSSR count). The van der Waals surface area contributed by atoms with Crippen LogP contribution in [0.3, 0.4) is 0 Å². The van der Waals surface area contributed by atoms with Crippen LogP contribution < -0.4 is 0 Å². The van der Waals surface area contributed by atoms with Gasteiger partial charge in [-0.15, -0.1) is 0 Å². The molecular weight excluding hydrogens is 162 g/mol. The molecule has 0 spiro atoms. The van der Waals surface area contributed by atoms with Crippen LogP contribution in [0.1, 0.15) is 33.6 Å². The molecule has 0 bridgehead atoms. The highest BCUT2D eigenvalue weighted by Crippen LogP contribution is 2.20. The van der Waals surface area contributed by atoms with Crippen molar-refractivity contribution in [2.45, 2.75) is 33.6 Å². The van der Waals surface area contributed by atoms with Crippen molar-refractivity contribution in [1.82, 2.24) is 0 Å². The van der Waals surface area contributed by atoms with Crippen LogP contribution in [0.4, 0.5) is 0 Å². The van der Waals surface area contributed by atoms with Crippen LogP contribution in [-0.2, 0) is 4.74 Å². The van der Waals surface area contributed by atoms with E-state index in [0.717, 1.165) is 19.4 Å². The Balaban J connectivity index is 3.32. The van der Waals surface area contributed by atoms with Crippen LogP contribution in [0, 0.1) is 16.7 Å². The lowest BCUT2D eigenvalue weighted by atomic mass is 9.90. The monoisotopic (exact) mass is 181 g/mol. The lowest BCUT2D eigenvalue weighted by Crippen LogP contribution is -2.09. The Bertz CT molecular complexity index is 189. The molecule has 0 amide bonds. The Morgan fingerprint density at radius 2 is 2.15 bits per heavy atom. The van der Waals surface area contributed by atoms with Gasteiger partial charge in [0.2, 0.25) is 0 Å². The largest absolute Gasteiger partial charge is 0.377 e. The SMILES string of the molecule is CC=CCOCCCC(C)(C)C#N. The summed E-state index contributed by atoms with van der Waals surface area (Å²) in [6, 6.07) is 2.27. The Morgan fingerprint density at radius 1 is 1.46 bits per heavy atom. The normalized spacial score (nSPS) is 11.8. The maximum Gasteiger partial charge on any atom is 0.0683 e. The van der Waals surface area contributed by atoms with Crippen LogP contribution in [0.25, 0.3) is 0 Å². The zero-order valence-electron chi connectivity index (χ0n) is 8.84. The molecule has 0 fully saturated rings. The maximum absolute atomic E-state index is 8.73. The Morgan fingerprint density at radius 3 is 2.69 bits per heavy atom. The second-order valence-electron chi connectivity index (χ2n) is 3.74. The van der Waals surface area contributed by atoms with Gasteiger partial charge in [-0.2, -0.15) is 5.26 Å². The van der Waals surface area contributed by atoms with Gasteiger partial charge in [-0.3, -0.25) is 0 Å². The Labute approximate surface area is 81.2 Å². The molecule has 0 aliphatic heterocycles. The topological polar surface area (TPSA) is 33.0 Å². The van der Waals surface area contributed by atoms with Crippen molar-refractivity contribution in [1.29, 1.82) is 5.26 Å². The fourth-order valence-corrected chi connectivity index (χ4v) is 0.920. The molecule has 0 aliphatic rings. The van der Waals surface area contributed by atoms with Gasteiger partial charge in [0.15, 0.2) is 0 Å². The van der Waals surface area contributed by atoms with Gasteiger partial charge in [-0.25, -0.2) is 0 Å². The molecular formula is C11H19NO. The van der Waals surface area contributed by atoms with Crippen molar-refractivity contribution in [2.24, 2.45) is 5.41 Å². The van der Waals surface area contributed by atoms with Gasteiger partial charge in [0.1, 0.15) is 0 Å². The molecule has 0 N–H and O–H groups in total. The second-order valence-corrected chi connectivity index (χ2v) is 3.74. The van der Waals surface area contributed by atoms with Crippen LogP contribution in [0.2, 0.25) is 0 Å². The van der Waals surface area contributed by atoms with E-state index >= 15 is 0 Å². The summed E-state index contributed by atoms with van der Waals surface area (Å²) in [5.74, 6) is 0. The number of ether oxygens (including phenoxy) is 1. The number of nitrogens with zero attached hydrogens (tertiary/aromatic N) is 1. The van der Waals surface area contributed by atoms with E-state index in [1.165, 1.54) is 0 Å². The van der Waals surface area contributed by atoms with E-state index in [4.69, 9.17) is 10.00 Å². The Kier molecular flexibility index (Phi) is 6.26. The standard InChI is InChI=1S/C11H19NO/c1-4-5-8-13-9-6-7-11(2,3)10-12/h4-5H,6-9H2,1-3H3. The molecule has 0 aromatic heterocycles. The van der Waals surface area contributed by atoms with Crippen molar-refractivity contribution in [3.63, 3.8) is 0 Å². The number of nitriles is 1. The summed E-state index contributed by atoms with van der Waals surface area (Å²) in [5.41, 5.74) is -0.204. The number of hydrogen-bond acceptors (Lipinski definition) is 2. The minimum absolute atomic E-state index is 0.204. The first-order valence-electron chi connectivity index (χ1n) is 4.72. The summed E-state index contributed by atoms with van der Waals surface area (Å²) in [4.78, 5) is 0. The molecule has 0 saturated heterocycles.